The van der Waals surface area contributed by atoms with Crippen LogP contribution in [0.4, 0.5) is 5.69 Å². The lowest BCUT2D eigenvalue weighted by Gasteiger charge is -2.22. The summed E-state index contributed by atoms with van der Waals surface area (Å²) in [6, 6.07) is 21.9. The van der Waals surface area contributed by atoms with Crippen LogP contribution in [0.3, 0.4) is 0 Å². The second kappa shape index (κ2) is 4.73. The minimum absolute atomic E-state index is 0.0231. The van der Waals surface area contributed by atoms with Crippen LogP contribution < -0.4 is 4.90 Å². The molecule has 1 heteroatoms. The van der Waals surface area contributed by atoms with Gasteiger partial charge in [0.15, 0.2) is 0 Å². The standard InChI is InChI=1S/C22H21N/c1-15-22(2,3)20-14-17(12-13-21(20)23(15)4)19-11-7-9-16-8-5-6-10-18(16)19/h5-14H,1H2,2-4H3. The molecule has 0 amide bonds. The van der Waals surface area contributed by atoms with E-state index in [4.69, 9.17) is 0 Å². The topological polar surface area (TPSA) is 3.24 Å². The third-order valence-electron chi connectivity index (χ3n) is 5.26. The Balaban J connectivity index is 1.96. The molecule has 3 aromatic rings. The molecule has 3 aromatic carbocycles. The number of nitrogens with zero attached hydrogens (tertiary/aromatic N) is 1. The number of hydrogen-bond acceptors (Lipinski definition) is 1. The van der Waals surface area contributed by atoms with Gasteiger partial charge in [-0.25, -0.2) is 0 Å². The molecule has 0 saturated heterocycles. The van der Waals surface area contributed by atoms with Crippen LogP contribution in [0.15, 0.2) is 72.9 Å². The first-order valence-electron chi connectivity index (χ1n) is 8.06. The highest BCUT2D eigenvalue weighted by atomic mass is 15.1. The van der Waals surface area contributed by atoms with Crippen molar-refractivity contribution in [3.63, 3.8) is 0 Å². The number of benzene rings is 3. The third kappa shape index (κ3) is 1.93. The van der Waals surface area contributed by atoms with Crippen molar-refractivity contribution in [2.75, 3.05) is 11.9 Å². The molecule has 4 rings (SSSR count). The molecule has 0 spiro atoms. The molecule has 0 N–H and O–H groups in total. The first-order chi connectivity index (χ1) is 11.0. The summed E-state index contributed by atoms with van der Waals surface area (Å²) >= 11 is 0. The number of fused-ring (bicyclic) bond motifs is 2. The van der Waals surface area contributed by atoms with Gasteiger partial charge in [-0.15, -0.1) is 0 Å². The van der Waals surface area contributed by atoms with E-state index in [0.29, 0.717) is 0 Å². The van der Waals surface area contributed by atoms with Crippen molar-refractivity contribution in [2.45, 2.75) is 19.3 Å². The van der Waals surface area contributed by atoms with Gasteiger partial charge in [0.2, 0.25) is 0 Å². The van der Waals surface area contributed by atoms with Crippen LogP contribution >= 0.6 is 0 Å². The predicted octanol–water partition coefficient (Wildman–Crippen LogP) is 5.75. The first kappa shape index (κ1) is 14.1. The van der Waals surface area contributed by atoms with Gasteiger partial charge in [0.05, 0.1) is 0 Å². The van der Waals surface area contributed by atoms with E-state index in [1.807, 2.05) is 0 Å². The molecular weight excluding hydrogens is 278 g/mol. The molecular formula is C22H21N. The average Bonchev–Trinajstić information content (AvgIpc) is 2.75. The van der Waals surface area contributed by atoms with Crippen molar-refractivity contribution in [2.24, 2.45) is 0 Å². The summed E-state index contributed by atoms with van der Waals surface area (Å²) in [6.07, 6.45) is 0. The molecule has 1 aliphatic rings. The second-order valence-corrected chi connectivity index (χ2v) is 6.89. The smallest absolute Gasteiger partial charge is 0.0448 e. The zero-order valence-electron chi connectivity index (χ0n) is 13.9. The average molecular weight is 299 g/mol. The predicted molar refractivity (Wildman–Crippen MR) is 100.0 cm³/mol. The van der Waals surface area contributed by atoms with E-state index in [0.717, 1.165) is 5.70 Å². The molecule has 0 fully saturated rings. The Labute approximate surface area is 137 Å². The van der Waals surface area contributed by atoms with E-state index < -0.39 is 0 Å². The Hall–Kier alpha value is -2.54. The maximum absolute atomic E-state index is 4.28. The summed E-state index contributed by atoms with van der Waals surface area (Å²) in [4.78, 5) is 2.21. The van der Waals surface area contributed by atoms with Crippen molar-refractivity contribution >= 4 is 16.5 Å². The van der Waals surface area contributed by atoms with Crippen LogP contribution in [0.1, 0.15) is 19.4 Å². The van der Waals surface area contributed by atoms with Gasteiger partial charge in [0, 0.05) is 23.8 Å². The van der Waals surface area contributed by atoms with Crippen LogP contribution in [0.5, 0.6) is 0 Å². The summed E-state index contributed by atoms with van der Waals surface area (Å²) in [5, 5.41) is 2.59. The van der Waals surface area contributed by atoms with Gasteiger partial charge in [0.25, 0.3) is 0 Å². The number of allylic oxidation sites excluding steroid dienone is 1. The van der Waals surface area contributed by atoms with Gasteiger partial charge in [0.1, 0.15) is 0 Å². The zero-order chi connectivity index (χ0) is 16.2. The van der Waals surface area contributed by atoms with Gasteiger partial charge < -0.3 is 4.90 Å². The highest BCUT2D eigenvalue weighted by Crippen LogP contribution is 2.47. The van der Waals surface area contributed by atoms with Crippen LogP contribution in [0.25, 0.3) is 21.9 Å². The molecule has 0 atom stereocenters. The van der Waals surface area contributed by atoms with Crippen LogP contribution in [0.2, 0.25) is 0 Å². The third-order valence-corrected chi connectivity index (χ3v) is 5.26. The Bertz CT molecular complexity index is 928. The Morgan fingerprint density at radius 2 is 1.65 bits per heavy atom. The number of rotatable bonds is 1. The molecule has 23 heavy (non-hydrogen) atoms. The SMILES string of the molecule is C=C1N(C)c2ccc(-c3cccc4ccccc34)cc2C1(C)C. The molecule has 0 aliphatic carbocycles. The van der Waals surface area contributed by atoms with Gasteiger partial charge in [-0.05, 0) is 39.6 Å². The maximum atomic E-state index is 4.28. The van der Waals surface area contributed by atoms with Crippen LogP contribution in [-0.4, -0.2) is 7.05 Å². The molecule has 114 valence electrons. The summed E-state index contributed by atoms with van der Waals surface area (Å²) in [5.41, 5.74) is 6.32. The largest absolute Gasteiger partial charge is 0.348 e. The highest BCUT2D eigenvalue weighted by Gasteiger charge is 2.37. The number of anilines is 1. The van der Waals surface area contributed by atoms with Crippen molar-refractivity contribution < 1.29 is 0 Å². The van der Waals surface area contributed by atoms with Crippen molar-refractivity contribution in [3.8, 4) is 11.1 Å². The molecule has 1 heterocycles. The lowest BCUT2D eigenvalue weighted by molar-refractivity contribution is 0.643. The van der Waals surface area contributed by atoms with E-state index in [9.17, 15) is 0 Å². The number of likely N-dealkylation sites (N-methyl/N-ethyl adjacent to an activating group) is 1. The highest BCUT2D eigenvalue weighted by molar-refractivity contribution is 5.97. The summed E-state index contributed by atoms with van der Waals surface area (Å²) in [7, 11) is 2.10. The molecule has 1 nitrogen and oxygen atoms in total. The molecule has 0 bridgehead atoms. The second-order valence-electron chi connectivity index (χ2n) is 6.89. The summed E-state index contributed by atoms with van der Waals surface area (Å²) in [5.74, 6) is 0. The van der Waals surface area contributed by atoms with Crippen molar-refractivity contribution in [1.29, 1.82) is 0 Å². The Kier molecular flexibility index (Phi) is 2.89. The number of hydrogen-bond donors (Lipinski definition) is 0. The minimum Gasteiger partial charge on any atom is -0.348 e. The van der Waals surface area contributed by atoms with Gasteiger partial charge >= 0.3 is 0 Å². The Morgan fingerprint density at radius 3 is 2.48 bits per heavy atom. The lowest BCUT2D eigenvalue weighted by atomic mass is 9.83. The van der Waals surface area contributed by atoms with E-state index in [1.165, 1.54) is 33.2 Å². The molecule has 0 unspecified atom stereocenters. The molecule has 0 aromatic heterocycles. The zero-order valence-corrected chi connectivity index (χ0v) is 13.9. The van der Waals surface area contributed by atoms with Crippen molar-refractivity contribution in [3.05, 3.63) is 78.5 Å². The minimum atomic E-state index is -0.0231. The normalized spacial score (nSPS) is 16.0. The van der Waals surface area contributed by atoms with E-state index in [1.54, 1.807) is 0 Å². The first-order valence-corrected chi connectivity index (χ1v) is 8.06. The fourth-order valence-corrected chi connectivity index (χ4v) is 3.69. The van der Waals surface area contributed by atoms with E-state index >= 15 is 0 Å². The van der Waals surface area contributed by atoms with Gasteiger partial charge in [-0.2, -0.15) is 0 Å². The summed E-state index contributed by atoms with van der Waals surface area (Å²) < 4.78 is 0. The quantitative estimate of drug-likeness (QED) is 0.553. The van der Waals surface area contributed by atoms with E-state index in [2.05, 4.69) is 93.0 Å². The molecule has 0 radical (unpaired) electrons. The van der Waals surface area contributed by atoms with Gasteiger partial charge in [-0.1, -0.05) is 69.0 Å². The fraction of sp³-hybridized carbons (Fsp3) is 0.182. The molecule has 0 saturated carbocycles. The van der Waals surface area contributed by atoms with Gasteiger partial charge in [-0.3, -0.25) is 0 Å². The fourth-order valence-electron chi connectivity index (χ4n) is 3.69. The van der Waals surface area contributed by atoms with Crippen LogP contribution in [-0.2, 0) is 5.41 Å². The van der Waals surface area contributed by atoms with Crippen LogP contribution in [0, 0.1) is 0 Å². The van der Waals surface area contributed by atoms with E-state index in [-0.39, 0.29) is 5.41 Å². The summed E-state index contributed by atoms with van der Waals surface area (Å²) in [6.45, 7) is 8.79. The molecule has 1 aliphatic heterocycles. The maximum Gasteiger partial charge on any atom is 0.0448 e. The van der Waals surface area contributed by atoms with Crippen molar-refractivity contribution in [1.82, 2.24) is 0 Å². The Morgan fingerprint density at radius 1 is 0.913 bits per heavy atom. The monoisotopic (exact) mass is 299 g/mol. The lowest BCUT2D eigenvalue weighted by Crippen LogP contribution is -2.21.